The second-order valence-electron chi connectivity index (χ2n) is 5.26. The maximum atomic E-state index is 13.7. The fourth-order valence-electron chi connectivity index (χ4n) is 2.38. The van der Waals surface area contributed by atoms with Crippen LogP contribution in [0, 0.1) is 5.82 Å². The maximum Gasteiger partial charge on any atom is 0.272 e. The molecule has 0 aliphatic carbocycles. The number of ether oxygens (including phenoxy) is 1. The zero-order valence-electron chi connectivity index (χ0n) is 14.1. The van der Waals surface area contributed by atoms with Crippen molar-refractivity contribution in [1.82, 2.24) is 9.55 Å². The minimum atomic E-state index is -0.553. The summed E-state index contributed by atoms with van der Waals surface area (Å²) in [5.74, 6) is -0.711. The van der Waals surface area contributed by atoms with Crippen molar-refractivity contribution in [1.29, 1.82) is 0 Å². The van der Waals surface area contributed by atoms with Gasteiger partial charge >= 0.3 is 0 Å². The molecule has 0 saturated heterocycles. The SMILES string of the molecule is CCn1c(SCC(=O)Nc2ccc(OC)c(F)c2)nc2ccsc2c1=O. The van der Waals surface area contributed by atoms with E-state index >= 15 is 0 Å². The number of carbonyl (C=O) groups excluding carboxylic acids is 1. The van der Waals surface area contributed by atoms with Gasteiger partial charge in [0.05, 0.1) is 18.4 Å². The van der Waals surface area contributed by atoms with Crippen LogP contribution >= 0.6 is 23.1 Å². The summed E-state index contributed by atoms with van der Waals surface area (Å²) in [5.41, 5.74) is 0.862. The van der Waals surface area contributed by atoms with Crippen molar-refractivity contribution in [3.8, 4) is 5.75 Å². The summed E-state index contributed by atoms with van der Waals surface area (Å²) in [6, 6.07) is 5.98. The number of carbonyl (C=O) groups is 1. The topological polar surface area (TPSA) is 73.2 Å². The fourth-order valence-corrected chi connectivity index (χ4v) is 4.03. The van der Waals surface area contributed by atoms with Gasteiger partial charge in [0.2, 0.25) is 5.91 Å². The van der Waals surface area contributed by atoms with Crippen molar-refractivity contribution in [2.24, 2.45) is 0 Å². The quantitative estimate of drug-likeness (QED) is 0.514. The van der Waals surface area contributed by atoms with Gasteiger partial charge in [-0.15, -0.1) is 11.3 Å². The third kappa shape index (κ3) is 3.73. The molecule has 0 aliphatic rings. The Balaban J connectivity index is 1.72. The molecule has 0 unspecified atom stereocenters. The van der Waals surface area contributed by atoms with Gasteiger partial charge in [-0.05, 0) is 30.5 Å². The van der Waals surface area contributed by atoms with Gasteiger partial charge in [0.1, 0.15) is 4.70 Å². The number of rotatable bonds is 6. The van der Waals surface area contributed by atoms with Gasteiger partial charge in [-0.2, -0.15) is 0 Å². The molecule has 6 nitrogen and oxygen atoms in total. The molecule has 0 bridgehead atoms. The molecule has 0 aliphatic heterocycles. The molecule has 2 aromatic heterocycles. The molecule has 3 rings (SSSR count). The highest BCUT2D eigenvalue weighted by atomic mass is 32.2. The van der Waals surface area contributed by atoms with Crippen molar-refractivity contribution in [3.63, 3.8) is 0 Å². The summed E-state index contributed by atoms with van der Waals surface area (Å²) >= 11 is 2.52. The van der Waals surface area contributed by atoms with Gasteiger partial charge in [-0.1, -0.05) is 11.8 Å². The van der Waals surface area contributed by atoms with E-state index in [4.69, 9.17) is 4.74 Å². The van der Waals surface area contributed by atoms with Crippen molar-refractivity contribution < 1.29 is 13.9 Å². The highest BCUT2D eigenvalue weighted by Gasteiger charge is 2.13. The first-order chi connectivity index (χ1) is 12.5. The molecule has 1 aromatic carbocycles. The van der Waals surface area contributed by atoms with E-state index in [1.165, 1.54) is 42.3 Å². The van der Waals surface area contributed by atoms with Gasteiger partial charge in [-0.25, -0.2) is 9.37 Å². The molecule has 0 radical (unpaired) electrons. The Hall–Kier alpha value is -2.39. The number of anilines is 1. The second-order valence-corrected chi connectivity index (χ2v) is 7.12. The highest BCUT2D eigenvalue weighted by molar-refractivity contribution is 7.99. The molecule has 2 heterocycles. The molecule has 26 heavy (non-hydrogen) atoms. The van der Waals surface area contributed by atoms with Crippen molar-refractivity contribution in [2.75, 3.05) is 18.2 Å². The minimum Gasteiger partial charge on any atom is -0.494 e. The van der Waals surface area contributed by atoms with Crippen LogP contribution in [0.2, 0.25) is 0 Å². The van der Waals surface area contributed by atoms with Crippen molar-refractivity contribution >= 4 is 44.9 Å². The lowest BCUT2D eigenvalue weighted by Gasteiger charge is -2.10. The van der Waals surface area contributed by atoms with Crippen LogP contribution in [0.1, 0.15) is 6.92 Å². The molecule has 0 atom stereocenters. The number of nitrogens with one attached hydrogen (secondary N) is 1. The molecule has 0 spiro atoms. The van der Waals surface area contributed by atoms with E-state index in [1.807, 2.05) is 12.3 Å². The standard InChI is InChI=1S/C17H16FN3O3S2/c1-3-21-16(23)15-12(6-7-25-15)20-17(21)26-9-14(22)19-10-4-5-13(24-2)11(18)8-10/h4-8H,3,9H2,1-2H3,(H,19,22). The van der Waals surface area contributed by atoms with E-state index < -0.39 is 5.82 Å². The third-order valence-electron chi connectivity index (χ3n) is 3.61. The predicted octanol–water partition coefficient (Wildman–Crippen LogP) is 3.36. The van der Waals surface area contributed by atoms with Gasteiger partial charge in [-0.3, -0.25) is 14.2 Å². The molecular weight excluding hydrogens is 377 g/mol. The van der Waals surface area contributed by atoms with Gasteiger partial charge in [0.15, 0.2) is 16.7 Å². The Morgan fingerprint density at radius 3 is 2.92 bits per heavy atom. The van der Waals surface area contributed by atoms with Crippen LogP contribution in [0.3, 0.4) is 0 Å². The lowest BCUT2D eigenvalue weighted by Crippen LogP contribution is -2.22. The Bertz CT molecular complexity index is 1020. The summed E-state index contributed by atoms with van der Waals surface area (Å²) in [4.78, 5) is 29.1. The average Bonchev–Trinajstić information content (AvgIpc) is 3.09. The van der Waals surface area contributed by atoms with Gasteiger partial charge < -0.3 is 10.1 Å². The Kier molecular flexibility index (Phi) is 5.58. The predicted molar refractivity (Wildman–Crippen MR) is 102 cm³/mol. The smallest absolute Gasteiger partial charge is 0.272 e. The van der Waals surface area contributed by atoms with E-state index in [1.54, 1.807) is 16.7 Å². The summed E-state index contributed by atoms with van der Waals surface area (Å²) in [6.45, 7) is 2.32. The van der Waals surface area contributed by atoms with E-state index in [-0.39, 0.29) is 23.0 Å². The largest absolute Gasteiger partial charge is 0.494 e. The molecule has 0 fully saturated rings. The number of thiophene rings is 1. The monoisotopic (exact) mass is 393 g/mol. The zero-order valence-corrected chi connectivity index (χ0v) is 15.7. The van der Waals surface area contributed by atoms with Crippen LogP contribution in [0.4, 0.5) is 10.1 Å². The fraction of sp³-hybridized carbons (Fsp3) is 0.235. The Morgan fingerprint density at radius 1 is 1.42 bits per heavy atom. The highest BCUT2D eigenvalue weighted by Crippen LogP contribution is 2.23. The van der Waals surface area contributed by atoms with E-state index in [2.05, 4.69) is 10.3 Å². The van der Waals surface area contributed by atoms with Crippen LogP contribution in [0.15, 0.2) is 39.6 Å². The summed E-state index contributed by atoms with van der Waals surface area (Å²) in [5, 5.41) is 4.92. The summed E-state index contributed by atoms with van der Waals surface area (Å²) in [7, 11) is 1.37. The molecule has 1 N–H and O–H groups in total. The number of thioether (sulfide) groups is 1. The van der Waals surface area contributed by atoms with Crippen molar-refractivity contribution in [3.05, 3.63) is 45.8 Å². The Labute approximate surface area is 157 Å². The van der Waals surface area contributed by atoms with Crippen LogP contribution in [0.5, 0.6) is 5.75 Å². The lowest BCUT2D eigenvalue weighted by molar-refractivity contribution is -0.113. The normalized spacial score (nSPS) is 10.9. The number of hydrogen-bond donors (Lipinski definition) is 1. The van der Waals surface area contributed by atoms with Crippen LogP contribution in [-0.2, 0) is 11.3 Å². The number of amides is 1. The molecule has 136 valence electrons. The molecule has 0 saturated carbocycles. The van der Waals surface area contributed by atoms with E-state index in [0.717, 1.165) is 0 Å². The molecule has 3 aromatic rings. The molecular formula is C17H16FN3O3S2. The van der Waals surface area contributed by atoms with Crippen molar-refractivity contribution in [2.45, 2.75) is 18.6 Å². The first-order valence-corrected chi connectivity index (χ1v) is 9.64. The average molecular weight is 393 g/mol. The summed E-state index contributed by atoms with van der Waals surface area (Å²) in [6.07, 6.45) is 0. The minimum absolute atomic E-state index is 0.0513. The van der Waals surface area contributed by atoms with E-state index in [9.17, 15) is 14.0 Å². The van der Waals surface area contributed by atoms with Gasteiger partial charge in [0, 0.05) is 18.3 Å². The number of hydrogen-bond acceptors (Lipinski definition) is 6. The third-order valence-corrected chi connectivity index (χ3v) is 5.48. The zero-order chi connectivity index (χ0) is 18.7. The number of benzene rings is 1. The first kappa shape index (κ1) is 18.4. The number of methoxy groups -OCH3 is 1. The van der Waals surface area contributed by atoms with Crippen LogP contribution in [-0.4, -0.2) is 28.3 Å². The first-order valence-electron chi connectivity index (χ1n) is 7.77. The lowest BCUT2D eigenvalue weighted by atomic mass is 10.3. The van der Waals surface area contributed by atoms with Crippen LogP contribution in [0.25, 0.3) is 10.2 Å². The van der Waals surface area contributed by atoms with Gasteiger partial charge in [0.25, 0.3) is 5.56 Å². The number of nitrogens with zero attached hydrogens (tertiary/aromatic N) is 2. The molecule has 1 amide bonds. The number of fused-ring (bicyclic) bond motifs is 1. The molecule has 9 heteroatoms. The number of aromatic nitrogens is 2. The maximum absolute atomic E-state index is 13.7. The van der Waals surface area contributed by atoms with E-state index in [0.29, 0.717) is 27.6 Å². The van der Waals surface area contributed by atoms with Crippen LogP contribution < -0.4 is 15.6 Å². The number of halogens is 1. The second kappa shape index (κ2) is 7.88. The Morgan fingerprint density at radius 2 is 2.23 bits per heavy atom. The summed E-state index contributed by atoms with van der Waals surface area (Å²) < 4.78 is 20.7.